The number of nitriles is 1. The average Bonchev–Trinajstić information content (AvgIpc) is 3.48. The normalized spacial score (nSPS) is 16.9. The van der Waals surface area contributed by atoms with Gasteiger partial charge in [-0.15, -0.1) is 5.10 Å². The van der Waals surface area contributed by atoms with Gasteiger partial charge in [-0.05, 0) is 35.9 Å². The van der Waals surface area contributed by atoms with Crippen molar-refractivity contribution >= 4 is 51.2 Å². The summed E-state index contributed by atoms with van der Waals surface area (Å²) in [6.45, 7) is -0.0202. The Kier molecular flexibility index (Phi) is 7.83. The van der Waals surface area contributed by atoms with E-state index in [-0.39, 0.29) is 23.6 Å². The maximum absolute atomic E-state index is 14.1. The molecule has 2 atom stereocenters. The van der Waals surface area contributed by atoms with Crippen LogP contribution in [0, 0.1) is 17.1 Å². The maximum Gasteiger partial charge on any atom is 0.262 e. The first-order valence-corrected chi connectivity index (χ1v) is 14.0. The van der Waals surface area contributed by atoms with E-state index in [9.17, 15) is 18.4 Å². The predicted molar refractivity (Wildman–Crippen MR) is 160 cm³/mol. The molecule has 1 unspecified atom stereocenters. The fourth-order valence-corrected chi connectivity index (χ4v) is 5.54. The molecule has 0 spiro atoms. The lowest BCUT2D eigenvalue weighted by Crippen LogP contribution is -2.44. The number of halogens is 5. The quantitative estimate of drug-likeness (QED) is 0.175. The highest BCUT2D eigenvalue weighted by molar-refractivity contribution is 6.32. The third-order valence-electron chi connectivity index (χ3n) is 7.17. The van der Waals surface area contributed by atoms with Gasteiger partial charge >= 0.3 is 0 Å². The molecule has 3 N–H and O–H groups in total. The number of rotatable bonds is 7. The van der Waals surface area contributed by atoms with Crippen molar-refractivity contribution in [3.8, 4) is 6.07 Å². The summed E-state index contributed by atoms with van der Waals surface area (Å²) in [5.74, 6) is -3.41. The summed E-state index contributed by atoms with van der Waals surface area (Å²) in [6.07, 6.45) is 2.75. The Bertz CT molecular complexity index is 1840. The fraction of sp³-hybridized carbons (Fsp3) is 0.200. The van der Waals surface area contributed by atoms with Crippen molar-refractivity contribution in [1.82, 2.24) is 25.3 Å². The van der Waals surface area contributed by atoms with Gasteiger partial charge in [0.1, 0.15) is 17.6 Å². The number of benzene rings is 3. The van der Waals surface area contributed by atoms with Crippen molar-refractivity contribution in [1.29, 1.82) is 5.26 Å². The molecule has 0 amide bonds. The first-order chi connectivity index (χ1) is 20.7. The second-order valence-corrected chi connectivity index (χ2v) is 11.1. The molecule has 1 saturated heterocycles. The van der Waals surface area contributed by atoms with Crippen LogP contribution < -0.4 is 16.0 Å². The number of nitrogens with zero attached hydrogens (tertiary/aromatic N) is 5. The van der Waals surface area contributed by atoms with Gasteiger partial charge < -0.3 is 16.0 Å². The van der Waals surface area contributed by atoms with Crippen molar-refractivity contribution < 1.29 is 13.2 Å². The summed E-state index contributed by atoms with van der Waals surface area (Å²) in [5.41, 5.74) is 3.47. The molecular weight excluding hydrogens is 600 g/mol. The zero-order valence-electron chi connectivity index (χ0n) is 22.3. The minimum Gasteiger partial charge on any atom is -0.371 e. The van der Waals surface area contributed by atoms with Gasteiger partial charge in [0.2, 0.25) is 0 Å². The second-order valence-electron chi connectivity index (χ2n) is 10.2. The van der Waals surface area contributed by atoms with Crippen LogP contribution in [-0.4, -0.2) is 39.0 Å². The van der Waals surface area contributed by atoms with Crippen molar-refractivity contribution in [2.45, 2.75) is 24.4 Å². The van der Waals surface area contributed by atoms with Gasteiger partial charge in [-0.3, -0.25) is 4.98 Å². The van der Waals surface area contributed by atoms with E-state index in [1.807, 2.05) is 30.3 Å². The Morgan fingerprint density at radius 1 is 1.12 bits per heavy atom. The zero-order chi connectivity index (χ0) is 30.1. The first-order valence-electron chi connectivity index (χ1n) is 13.3. The van der Waals surface area contributed by atoms with Gasteiger partial charge in [-0.2, -0.15) is 5.26 Å². The van der Waals surface area contributed by atoms with Crippen molar-refractivity contribution in [2.24, 2.45) is 0 Å². The van der Waals surface area contributed by atoms with Gasteiger partial charge in [0, 0.05) is 35.3 Å². The Hall–Kier alpha value is -4.37. The average molecular weight is 623 g/mol. The number of pyridine rings is 1. The van der Waals surface area contributed by atoms with Gasteiger partial charge in [-0.1, -0.05) is 58.7 Å². The number of aromatic nitrogens is 4. The van der Waals surface area contributed by atoms with E-state index in [0.717, 1.165) is 5.56 Å². The Labute approximate surface area is 254 Å². The molecule has 0 bridgehead atoms. The molecule has 43 heavy (non-hydrogen) atoms. The summed E-state index contributed by atoms with van der Waals surface area (Å²) >= 11 is 12.6. The van der Waals surface area contributed by atoms with Crippen LogP contribution in [0.5, 0.6) is 0 Å². The molecular formula is C30H23Cl2F3N8. The van der Waals surface area contributed by atoms with Gasteiger partial charge in [-0.25, -0.2) is 17.9 Å². The number of nitrogens with one attached hydrogen (secondary N) is 3. The monoisotopic (exact) mass is 622 g/mol. The van der Waals surface area contributed by atoms with E-state index in [4.69, 9.17) is 23.2 Å². The van der Waals surface area contributed by atoms with Crippen LogP contribution in [0.15, 0.2) is 73.1 Å². The summed E-state index contributed by atoms with van der Waals surface area (Å²) in [5, 5.41) is 28.6. The van der Waals surface area contributed by atoms with E-state index in [1.54, 1.807) is 18.3 Å². The number of piperidine rings is 1. The molecule has 1 fully saturated rings. The summed E-state index contributed by atoms with van der Waals surface area (Å²) in [7, 11) is 0. The predicted octanol–water partition coefficient (Wildman–Crippen LogP) is 7.26. The molecule has 1 aliphatic rings. The first kappa shape index (κ1) is 28.7. The molecule has 8 nitrogen and oxygen atoms in total. The van der Waals surface area contributed by atoms with Crippen molar-refractivity contribution in [2.75, 3.05) is 23.7 Å². The molecule has 3 heterocycles. The molecule has 5 aromatic rings. The highest BCUT2D eigenvalue weighted by Crippen LogP contribution is 2.38. The molecule has 6 rings (SSSR count). The number of hydrogen-bond donors (Lipinski definition) is 3. The van der Waals surface area contributed by atoms with Crippen LogP contribution >= 0.6 is 23.2 Å². The largest absolute Gasteiger partial charge is 0.371 e. The standard InChI is InChI=1S/C30H23Cl2F3N8/c31-19-8-22-27(39-20-6-7-24(33)23(32)10-20)18(12-36)13-38-29(22)25(9-19)40-28(17-4-2-1-3-5-17)26-15-43(42-41-26)21-11-30(34,35)16-37-14-21/h1-10,13,15,21,28,37,40H,11,14,16H2,(H,38,39)/t21?,28-/m0/s1. The van der Waals surface area contributed by atoms with Crippen molar-refractivity contribution in [3.05, 3.63) is 106 Å². The van der Waals surface area contributed by atoms with Crippen LogP contribution in [0.2, 0.25) is 10.0 Å². The zero-order valence-corrected chi connectivity index (χ0v) is 23.8. The molecule has 218 valence electrons. The molecule has 2 aromatic heterocycles. The number of fused-ring (bicyclic) bond motifs is 1. The maximum atomic E-state index is 14.1. The summed E-state index contributed by atoms with van der Waals surface area (Å²) in [6, 6.07) is 18.0. The lowest BCUT2D eigenvalue weighted by Gasteiger charge is -2.29. The number of hydrogen-bond acceptors (Lipinski definition) is 7. The molecule has 0 saturated carbocycles. The Balaban J connectivity index is 1.41. The van der Waals surface area contributed by atoms with Crippen LogP contribution in [0.3, 0.4) is 0 Å². The molecule has 13 heteroatoms. The number of alkyl halides is 2. The Morgan fingerprint density at radius 3 is 2.67 bits per heavy atom. The van der Waals surface area contributed by atoms with Crippen molar-refractivity contribution in [3.63, 3.8) is 0 Å². The van der Waals surface area contributed by atoms with E-state index in [1.165, 1.54) is 29.1 Å². The summed E-state index contributed by atoms with van der Waals surface area (Å²) < 4.78 is 43.5. The van der Waals surface area contributed by atoms with Gasteiger partial charge in [0.05, 0.1) is 52.3 Å². The molecule has 0 aliphatic carbocycles. The fourth-order valence-electron chi connectivity index (χ4n) is 5.14. The van der Waals surface area contributed by atoms with Gasteiger partial charge in [0.15, 0.2) is 0 Å². The topological polar surface area (TPSA) is 103 Å². The minimum absolute atomic E-state index is 0.0752. The number of anilines is 3. The smallest absolute Gasteiger partial charge is 0.262 e. The molecule has 1 aliphatic heterocycles. The van der Waals surface area contributed by atoms with Crippen LogP contribution in [0.1, 0.15) is 35.3 Å². The Morgan fingerprint density at radius 2 is 1.93 bits per heavy atom. The van der Waals surface area contributed by atoms with Crippen LogP contribution in [0.4, 0.5) is 30.2 Å². The second kappa shape index (κ2) is 11.7. The summed E-state index contributed by atoms with van der Waals surface area (Å²) in [4.78, 5) is 4.56. The highest BCUT2D eigenvalue weighted by Gasteiger charge is 2.37. The molecule has 3 aromatic carbocycles. The van der Waals surface area contributed by atoms with E-state index in [2.05, 4.69) is 37.3 Å². The van der Waals surface area contributed by atoms with Crippen LogP contribution in [-0.2, 0) is 0 Å². The van der Waals surface area contributed by atoms with Gasteiger partial charge in [0.25, 0.3) is 5.92 Å². The van der Waals surface area contributed by atoms with E-state index < -0.39 is 23.8 Å². The molecule has 0 radical (unpaired) electrons. The lowest BCUT2D eigenvalue weighted by atomic mass is 10.0. The minimum atomic E-state index is -2.84. The van der Waals surface area contributed by atoms with Crippen LogP contribution in [0.25, 0.3) is 10.9 Å². The van der Waals surface area contributed by atoms with E-state index >= 15 is 0 Å². The SMILES string of the molecule is N#Cc1cnc2c(N[C@@H](c3ccccc3)c3cn(C4CNCC(F)(F)C4)nn3)cc(Cl)cc2c1Nc1ccc(F)c(Cl)c1. The highest BCUT2D eigenvalue weighted by atomic mass is 35.5. The third kappa shape index (κ3) is 6.08. The lowest BCUT2D eigenvalue weighted by molar-refractivity contribution is -0.0383. The third-order valence-corrected chi connectivity index (χ3v) is 7.68. The van der Waals surface area contributed by atoms with E-state index in [0.29, 0.717) is 45.2 Å².